The molecular weight excluding hydrogens is 378 g/mol. The number of benzene rings is 2. The number of hydrogen-bond donors (Lipinski definition) is 2. The van der Waals surface area contributed by atoms with Crippen molar-refractivity contribution in [3.8, 4) is 11.8 Å². The molecule has 0 radical (unpaired) electrons. The summed E-state index contributed by atoms with van der Waals surface area (Å²) in [6.07, 6.45) is 3.22. The Hall–Kier alpha value is -3.82. The van der Waals surface area contributed by atoms with Gasteiger partial charge in [0.2, 0.25) is 0 Å². The van der Waals surface area contributed by atoms with E-state index in [-0.39, 0.29) is 11.1 Å². The van der Waals surface area contributed by atoms with E-state index in [1.54, 1.807) is 59.3 Å². The number of carbonyl (C=O) groups is 2. The van der Waals surface area contributed by atoms with Crippen molar-refractivity contribution >= 4 is 35.2 Å². The van der Waals surface area contributed by atoms with E-state index in [2.05, 4.69) is 5.32 Å². The Labute approximate surface area is 165 Å². The van der Waals surface area contributed by atoms with Gasteiger partial charge in [-0.05, 0) is 60.7 Å². The first-order valence-corrected chi connectivity index (χ1v) is 8.55. The predicted octanol–water partition coefficient (Wildman–Crippen LogP) is 4.37. The molecule has 3 aromatic rings. The van der Waals surface area contributed by atoms with Gasteiger partial charge >= 0.3 is 5.97 Å². The molecule has 0 aliphatic heterocycles. The van der Waals surface area contributed by atoms with Crippen molar-refractivity contribution in [2.45, 2.75) is 0 Å². The predicted molar refractivity (Wildman–Crippen MR) is 106 cm³/mol. The van der Waals surface area contributed by atoms with Crippen LogP contribution in [0.15, 0.2) is 72.4 Å². The van der Waals surface area contributed by atoms with Gasteiger partial charge in [-0.3, -0.25) is 4.79 Å². The van der Waals surface area contributed by atoms with E-state index >= 15 is 0 Å². The SMILES string of the molecule is N#C/C(=C/c1cccn1-c1ccc(C(=O)O)cc1)C(=O)Nc1cccc(Cl)c1. The molecule has 28 heavy (non-hydrogen) atoms. The Bertz CT molecular complexity index is 1110. The molecule has 138 valence electrons. The van der Waals surface area contributed by atoms with E-state index in [1.807, 2.05) is 6.07 Å². The summed E-state index contributed by atoms with van der Waals surface area (Å²) in [5.41, 5.74) is 1.88. The molecule has 2 N–H and O–H groups in total. The Morgan fingerprint density at radius 1 is 1.11 bits per heavy atom. The summed E-state index contributed by atoms with van der Waals surface area (Å²) in [5, 5.41) is 21.5. The highest BCUT2D eigenvalue weighted by molar-refractivity contribution is 6.31. The third-order valence-electron chi connectivity index (χ3n) is 3.91. The smallest absolute Gasteiger partial charge is 0.335 e. The highest BCUT2D eigenvalue weighted by Crippen LogP contribution is 2.19. The van der Waals surface area contributed by atoms with Crippen LogP contribution in [-0.4, -0.2) is 21.6 Å². The second-order valence-corrected chi connectivity index (χ2v) is 6.23. The Kier molecular flexibility index (Phi) is 5.58. The minimum Gasteiger partial charge on any atom is -0.478 e. The van der Waals surface area contributed by atoms with Crippen LogP contribution in [0.3, 0.4) is 0 Å². The molecule has 0 spiro atoms. The normalized spacial score (nSPS) is 10.9. The van der Waals surface area contributed by atoms with E-state index in [1.165, 1.54) is 18.2 Å². The number of nitriles is 1. The van der Waals surface area contributed by atoms with Crippen molar-refractivity contribution in [2.75, 3.05) is 5.32 Å². The fourth-order valence-corrected chi connectivity index (χ4v) is 2.76. The summed E-state index contributed by atoms with van der Waals surface area (Å²) in [6.45, 7) is 0. The van der Waals surface area contributed by atoms with Crippen molar-refractivity contribution < 1.29 is 14.7 Å². The number of nitrogens with zero attached hydrogens (tertiary/aromatic N) is 2. The first kappa shape index (κ1) is 19.0. The average Bonchev–Trinajstić information content (AvgIpc) is 3.14. The Morgan fingerprint density at radius 3 is 2.50 bits per heavy atom. The zero-order valence-electron chi connectivity index (χ0n) is 14.5. The lowest BCUT2D eigenvalue weighted by Crippen LogP contribution is -2.13. The summed E-state index contributed by atoms with van der Waals surface area (Å²) in [4.78, 5) is 23.4. The van der Waals surface area contributed by atoms with Crippen LogP contribution in [0.25, 0.3) is 11.8 Å². The van der Waals surface area contributed by atoms with Crippen molar-refractivity contribution in [1.82, 2.24) is 4.57 Å². The molecular formula is C21H14ClN3O3. The molecule has 0 atom stereocenters. The highest BCUT2D eigenvalue weighted by atomic mass is 35.5. The summed E-state index contributed by atoms with van der Waals surface area (Å²) in [6, 6.07) is 18.3. The van der Waals surface area contributed by atoms with E-state index < -0.39 is 11.9 Å². The van der Waals surface area contributed by atoms with Gasteiger partial charge < -0.3 is 15.0 Å². The largest absolute Gasteiger partial charge is 0.478 e. The molecule has 1 heterocycles. The quantitative estimate of drug-likeness (QED) is 0.498. The first-order valence-electron chi connectivity index (χ1n) is 8.18. The van der Waals surface area contributed by atoms with Crippen LogP contribution in [0.4, 0.5) is 5.69 Å². The molecule has 2 aromatic carbocycles. The van der Waals surface area contributed by atoms with Gasteiger partial charge in [-0.1, -0.05) is 17.7 Å². The summed E-state index contributed by atoms with van der Waals surface area (Å²) in [7, 11) is 0. The molecule has 0 saturated carbocycles. The van der Waals surface area contributed by atoms with Crippen LogP contribution in [0, 0.1) is 11.3 Å². The Balaban J connectivity index is 1.87. The number of nitrogens with one attached hydrogen (secondary N) is 1. The number of aromatic carboxylic acids is 1. The van der Waals surface area contributed by atoms with E-state index in [4.69, 9.17) is 16.7 Å². The van der Waals surface area contributed by atoms with Crippen LogP contribution < -0.4 is 5.32 Å². The highest BCUT2D eigenvalue weighted by Gasteiger charge is 2.12. The minimum atomic E-state index is -1.01. The zero-order valence-corrected chi connectivity index (χ0v) is 15.2. The van der Waals surface area contributed by atoms with Gasteiger partial charge in [0.25, 0.3) is 5.91 Å². The van der Waals surface area contributed by atoms with Gasteiger partial charge in [-0.25, -0.2) is 4.79 Å². The Morgan fingerprint density at radius 2 is 1.86 bits per heavy atom. The van der Waals surface area contributed by atoms with Crippen LogP contribution >= 0.6 is 11.6 Å². The monoisotopic (exact) mass is 391 g/mol. The topological polar surface area (TPSA) is 95.1 Å². The zero-order chi connectivity index (χ0) is 20.1. The fraction of sp³-hybridized carbons (Fsp3) is 0. The maximum Gasteiger partial charge on any atom is 0.335 e. The first-order chi connectivity index (χ1) is 13.5. The maximum atomic E-state index is 12.4. The number of carboxylic acid groups (broad SMARTS) is 1. The van der Waals surface area contributed by atoms with Gasteiger partial charge in [-0.15, -0.1) is 0 Å². The second kappa shape index (κ2) is 8.25. The van der Waals surface area contributed by atoms with Gasteiger partial charge in [0.05, 0.1) is 5.56 Å². The molecule has 0 fully saturated rings. The van der Waals surface area contributed by atoms with Crippen LogP contribution in [-0.2, 0) is 4.79 Å². The third-order valence-corrected chi connectivity index (χ3v) is 4.15. The summed E-state index contributed by atoms with van der Waals surface area (Å²) in [5.74, 6) is -1.57. The van der Waals surface area contributed by atoms with Gasteiger partial charge in [0.1, 0.15) is 11.6 Å². The van der Waals surface area contributed by atoms with Gasteiger partial charge in [0, 0.05) is 28.3 Å². The van der Waals surface area contributed by atoms with Crippen molar-refractivity contribution in [3.05, 3.63) is 88.7 Å². The number of aromatic nitrogens is 1. The van der Waals surface area contributed by atoms with Crippen LogP contribution in [0.5, 0.6) is 0 Å². The number of amides is 1. The lowest BCUT2D eigenvalue weighted by atomic mass is 10.2. The molecule has 6 nitrogen and oxygen atoms in total. The molecule has 3 rings (SSSR count). The summed E-state index contributed by atoms with van der Waals surface area (Å²) < 4.78 is 1.75. The minimum absolute atomic E-state index is 0.0814. The van der Waals surface area contributed by atoms with Crippen LogP contribution in [0.2, 0.25) is 5.02 Å². The second-order valence-electron chi connectivity index (χ2n) is 5.79. The standard InChI is InChI=1S/C21H14ClN3O3/c22-16-3-1-4-17(12-16)24-20(26)15(13-23)11-19-5-2-10-25(19)18-8-6-14(7-9-18)21(27)28/h1-12H,(H,24,26)(H,27,28)/b15-11-. The lowest BCUT2D eigenvalue weighted by Gasteiger charge is -2.08. The molecule has 1 amide bonds. The summed E-state index contributed by atoms with van der Waals surface area (Å²) >= 11 is 5.91. The third kappa shape index (κ3) is 4.29. The molecule has 0 aliphatic rings. The molecule has 7 heteroatoms. The van der Waals surface area contributed by atoms with E-state index in [9.17, 15) is 14.9 Å². The molecule has 0 saturated heterocycles. The number of anilines is 1. The lowest BCUT2D eigenvalue weighted by molar-refractivity contribution is -0.112. The number of carbonyl (C=O) groups excluding carboxylic acids is 1. The molecule has 1 aromatic heterocycles. The molecule has 0 unspecified atom stereocenters. The number of rotatable bonds is 5. The van der Waals surface area contributed by atoms with Crippen molar-refractivity contribution in [3.63, 3.8) is 0 Å². The van der Waals surface area contributed by atoms with Crippen LogP contribution in [0.1, 0.15) is 16.1 Å². The fourth-order valence-electron chi connectivity index (χ4n) is 2.57. The molecule has 0 aliphatic carbocycles. The van der Waals surface area contributed by atoms with Gasteiger partial charge in [0.15, 0.2) is 0 Å². The van der Waals surface area contributed by atoms with E-state index in [0.29, 0.717) is 22.1 Å². The van der Waals surface area contributed by atoms with Crippen molar-refractivity contribution in [2.24, 2.45) is 0 Å². The number of halogens is 1. The average molecular weight is 392 g/mol. The number of carboxylic acids is 1. The van der Waals surface area contributed by atoms with Crippen molar-refractivity contribution in [1.29, 1.82) is 5.26 Å². The maximum absolute atomic E-state index is 12.4. The van der Waals surface area contributed by atoms with Gasteiger partial charge in [-0.2, -0.15) is 5.26 Å². The molecule has 0 bridgehead atoms. The number of hydrogen-bond acceptors (Lipinski definition) is 3. The van der Waals surface area contributed by atoms with E-state index in [0.717, 1.165) is 0 Å².